The number of esters is 1. The third kappa shape index (κ3) is 8.61. The van der Waals surface area contributed by atoms with E-state index in [0.717, 1.165) is 11.3 Å². The molecule has 0 aromatic heterocycles. The number of aliphatic imine (C=N–C) groups is 1. The number of carbonyl (C=O) groups excluding carboxylic acids is 1. The Kier molecular flexibility index (Phi) is 9.03. The molecule has 0 fully saturated rings. The lowest BCUT2D eigenvalue weighted by Gasteiger charge is -2.16. The number of benzene rings is 1. The normalized spacial score (nSPS) is 12.9. The molecule has 0 bridgehead atoms. The van der Waals surface area contributed by atoms with Gasteiger partial charge in [-0.3, -0.25) is 10.2 Å². The SMILES string of the molecule is Cc1ccc(C(C)C)c(N=C(N/N=C/C(C)C)SCOC(=O)C(C)(C)C)c1. The number of thioether (sulfide) groups is 1. The highest BCUT2D eigenvalue weighted by atomic mass is 32.2. The molecule has 0 aliphatic carbocycles. The summed E-state index contributed by atoms with van der Waals surface area (Å²) in [6.45, 7) is 15.9. The lowest BCUT2D eigenvalue weighted by atomic mass is 9.98. The van der Waals surface area contributed by atoms with Crippen LogP contribution in [0.1, 0.15) is 65.5 Å². The van der Waals surface area contributed by atoms with Crippen molar-refractivity contribution in [1.82, 2.24) is 5.43 Å². The van der Waals surface area contributed by atoms with Crippen LogP contribution in [0, 0.1) is 18.3 Å². The highest BCUT2D eigenvalue weighted by molar-refractivity contribution is 8.13. The summed E-state index contributed by atoms with van der Waals surface area (Å²) in [4.78, 5) is 16.7. The molecule has 0 heterocycles. The van der Waals surface area contributed by atoms with E-state index in [0.29, 0.717) is 17.0 Å². The lowest BCUT2D eigenvalue weighted by Crippen LogP contribution is -2.24. The number of hydrogen-bond acceptors (Lipinski definition) is 5. The topological polar surface area (TPSA) is 63.1 Å². The first-order valence-corrected chi connectivity index (χ1v) is 10.3. The van der Waals surface area contributed by atoms with Crippen LogP contribution in [0.15, 0.2) is 28.3 Å². The summed E-state index contributed by atoms with van der Waals surface area (Å²) in [5.41, 5.74) is 5.68. The highest BCUT2D eigenvalue weighted by Crippen LogP contribution is 2.29. The van der Waals surface area contributed by atoms with Gasteiger partial charge in [-0.05, 0) is 68.5 Å². The molecular formula is C21H33N3O2S. The predicted octanol–water partition coefficient (Wildman–Crippen LogP) is 5.62. The molecule has 0 saturated carbocycles. The lowest BCUT2D eigenvalue weighted by molar-refractivity contribution is -0.150. The molecular weight excluding hydrogens is 358 g/mol. The van der Waals surface area contributed by atoms with E-state index in [4.69, 9.17) is 9.73 Å². The number of hydrogen-bond donors (Lipinski definition) is 1. The maximum Gasteiger partial charge on any atom is 0.312 e. The van der Waals surface area contributed by atoms with E-state index in [-0.39, 0.29) is 11.9 Å². The van der Waals surface area contributed by atoms with Crippen molar-refractivity contribution in [3.05, 3.63) is 29.3 Å². The zero-order valence-electron chi connectivity index (χ0n) is 17.8. The highest BCUT2D eigenvalue weighted by Gasteiger charge is 2.23. The molecule has 1 rings (SSSR count). The third-order valence-electron chi connectivity index (χ3n) is 3.56. The van der Waals surface area contributed by atoms with Crippen LogP contribution in [0.4, 0.5) is 5.69 Å². The van der Waals surface area contributed by atoms with Crippen LogP contribution in [0.2, 0.25) is 0 Å². The smallest absolute Gasteiger partial charge is 0.312 e. The summed E-state index contributed by atoms with van der Waals surface area (Å²) < 4.78 is 5.35. The Bertz CT molecular complexity index is 689. The molecule has 0 amide bonds. The molecule has 0 aliphatic heterocycles. The first-order valence-electron chi connectivity index (χ1n) is 9.29. The third-order valence-corrected chi connectivity index (χ3v) is 4.25. The molecule has 6 heteroatoms. The second-order valence-electron chi connectivity index (χ2n) is 8.21. The van der Waals surface area contributed by atoms with Crippen LogP contribution in [0.5, 0.6) is 0 Å². The molecule has 0 unspecified atom stereocenters. The number of rotatable bonds is 6. The van der Waals surface area contributed by atoms with Crippen molar-refractivity contribution >= 4 is 34.8 Å². The summed E-state index contributed by atoms with van der Waals surface area (Å²) in [5.74, 6) is 0.627. The van der Waals surface area contributed by atoms with Gasteiger partial charge in [0, 0.05) is 6.21 Å². The molecule has 1 N–H and O–H groups in total. The molecule has 1 aromatic carbocycles. The van der Waals surface area contributed by atoms with Gasteiger partial charge in [0.1, 0.15) is 5.94 Å². The van der Waals surface area contributed by atoms with Gasteiger partial charge in [0.05, 0.1) is 11.1 Å². The van der Waals surface area contributed by atoms with E-state index >= 15 is 0 Å². The maximum absolute atomic E-state index is 12.0. The Hall–Kier alpha value is -1.82. The summed E-state index contributed by atoms with van der Waals surface area (Å²) in [5, 5.41) is 4.84. The Morgan fingerprint density at radius 2 is 1.93 bits per heavy atom. The van der Waals surface area contributed by atoms with E-state index < -0.39 is 5.41 Å². The van der Waals surface area contributed by atoms with E-state index in [1.807, 2.05) is 33.9 Å². The maximum atomic E-state index is 12.0. The van der Waals surface area contributed by atoms with Crippen molar-refractivity contribution in [3.63, 3.8) is 0 Å². The molecule has 0 spiro atoms. The molecule has 0 aliphatic rings. The fourth-order valence-electron chi connectivity index (χ4n) is 2.03. The number of aryl methyl sites for hydroxylation is 1. The summed E-state index contributed by atoms with van der Waals surface area (Å²) >= 11 is 1.32. The summed E-state index contributed by atoms with van der Waals surface area (Å²) in [6.07, 6.45) is 1.82. The molecule has 27 heavy (non-hydrogen) atoms. The van der Waals surface area contributed by atoms with Gasteiger partial charge in [0.2, 0.25) is 0 Å². The molecule has 0 radical (unpaired) electrons. The summed E-state index contributed by atoms with van der Waals surface area (Å²) in [6, 6.07) is 6.26. The Morgan fingerprint density at radius 3 is 2.48 bits per heavy atom. The molecule has 150 valence electrons. The van der Waals surface area contributed by atoms with Crippen molar-refractivity contribution in [2.75, 3.05) is 5.94 Å². The number of ether oxygens (including phenoxy) is 1. The van der Waals surface area contributed by atoms with Crippen molar-refractivity contribution < 1.29 is 9.53 Å². The fourth-order valence-corrected chi connectivity index (χ4v) is 2.59. The number of carbonyl (C=O) groups is 1. The van der Waals surface area contributed by atoms with Crippen molar-refractivity contribution in [3.8, 4) is 0 Å². The first kappa shape index (κ1) is 23.2. The average Bonchev–Trinajstić information content (AvgIpc) is 2.53. The van der Waals surface area contributed by atoms with Gasteiger partial charge in [0.25, 0.3) is 0 Å². The number of amidine groups is 1. The zero-order chi connectivity index (χ0) is 20.6. The van der Waals surface area contributed by atoms with Crippen LogP contribution >= 0.6 is 11.8 Å². The van der Waals surface area contributed by atoms with E-state index in [1.165, 1.54) is 17.3 Å². The molecule has 5 nitrogen and oxygen atoms in total. The van der Waals surface area contributed by atoms with Crippen molar-refractivity contribution in [1.29, 1.82) is 0 Å². The van der Waals surface area contributed by atoms with Gasteiger partial charge in [0.15, 0.2) is 5.17 Å². The van der Waals surface area contributed by atoms with Crippen molar-refractivity contribution in [2.24, 2.45) is 21.4 Å². The Balaban J connectivity index is 3.02. The predicted molar refractivity (Wildman–Crippen MR) is 117 cm³/mol. The largest absolute Gasteiger partial charge is 0.454 e. The van der Waals surface area contributed by atoms with Crippen LogP contribution in [-0.2, 0) is 9.53 Å². The van der Waals surface area contributed by atoms with Crippen molar-refractivity contribution in [2.45, 2.75) is 61.3 Å². The minimum absolute atomic E-state index is 0.183. The van der Waals surface area contributed by atoms with Gasteiger partial charge in [-0.2, -0.15) is 5.10 Å². The number of hydrazone groups is 1. The monoisotopic (exact) mass is 391 g/mol. The quantitative estimate of drug-likeness (QED) is 0.225. The fraction of sp³-hybridized carbons (Fsp3) is 0.571. The average molecular weight is 392 g/mol. The van der Waals surface area contributed by atoms with Crippen LogP contribution in [0.25, 0.3) is 0 Å². The number of nitrogens with one attached hydrogen (secondary N) is 1. The molecule has 0 saturated heterocycles. The van der Waals surface area contributed by atoms with Crippen LogP contribution in [-0.4, -0.2) is 23.3 Å². The minimum Gasteiger partial charge on any atom is -0.454 e. The Labute approximate surface area is 168 Å². The first-order chi connectivity index (χ1) is 12.5. The van der Waals surface area contributed by atoms with Gasteiger partial charge < -0.3 is 4.74 Å². The van der Waals surface area contributed by atoms with Gasteiger partial charge in [-0.25, -0.2) is 4.99 Å². The van der Waals surface area contributed by atoms with E-state index in [1.54, 1.807) is 0 Å². The minimum atomic E-state index is -0.525. The summed E-state index contributed by atoms with van der Waals surface area (Å²) in [7, 11) is 0. The van der Waals surface area contributed by atoms with Crippen LogP contribution in [0.3, 0.4) is 0 Å². The zero-order valence-corrected chi connectivity index (χ0v) is 18.6. The second kappa shape index (κ2) is 10.5. The standard InChI is InChI=1S/C21H33N3O2S/c1-14(2)12-22-24-20(27-13-26-19(25)21(6,7)8)23-18-11-16(5)9-10-17(18)15(3)4/h9-12,14-15H,13H2,1-8H3,(H,23,24)/b22-12+. The number of nitrogens with zero attached hydrogens (tertiary/aromatic N) is 2. The van der Waals surface area contributed by atoms with Gasteiger partial charge in [-0.1, -0.05) is 39.8 Å². The van der Waals surface area contributed by atoms with Gasteiger partial charge in [-0.15, -0.1) is 0 Å². The van der Waals surface area contributed by atoms with E-state index in [2.05, 4.69) is 56.4 Å². The molecule has 0 atom stereocenters. The molecule has 1 aromatic rings. The Morgan fingerprint density at radius 1 is 1.26 bits per heavy atom. The van der Waals surface area contributed by atoms with Gasteiger partial charge >= 0.3 is 5.97 Å². The second-order valence-corrected chi connectivity index (χ2v) is 9.12. The van der Waals surface area contributed by atoms with E-state index in [9.17, 15) is 4.79 Å². The van der Waals surface area contributed by atoms with Crippen LogP contribution < -0.4 is 5.43 Å².